The third-order valence-electron chi connectivity index (χ3n) is 2.20. The van der Waals surface area contributed by atoms with Gasteiger partial charge in [0.2, 0.25) is 0 Å². The summed E-state index contributed by atoms with van der Waals surface area (Å²) in [6.07, 6.45) is 0. The Labute approximate surface area is 97.4 Å². The number of anilines is 1. The summed E-state index contributed by atoms with van der Waals surface area (Å²) >= 11 is 0. The molecule has 0 saturated carbocycles. The minimum atomic E-state index is -0.702. The highest BCUT2D eigenvalue weighted by atomic mass is 16.5. The van der Waals surface area contributed by atoms with Crippen LogP contribution in [0.2, 0.25) is 0 Å². The van der Waals surface area contributed by atoms with E-state index in [4.69, 9.17) is 4.74 Å². The van der Waals surface area contributed by atoms with E-state index in [1.54, 1.807) is 13.8 Å². The molecule has 0 bridgehead atoms. The van der Waals surface area contributed by atoms with Gasteiger partial charge in [-0.3, -0.25) is 0 Å². The van der Waals surface area contributed by atoms with Gasteiger partial charge in [-0.15, -0.1) is 0 Å². The highest BCUT2D eigenvalue weighted by Gasteiger charge is 2.11. The van der Waals surface area contributed by atoms with Crippen molar-refractivity contribution in [2.24, 2.45) is 0 Å². The van der Waals surface area contributed by atoms with E-state index in [1.165, 1.54) is 0 Å². The highest BCUT2D eigenvalue weighted by molar-refractivity contribution is 5.50. The van der Waals surface area contributed by atoms with Crippen LogP contribution in [0.3, 0.4) is 0 Å². The molecule has 0 saturated heterocycles. The van der Waals surface area contributed by atoms with E-state index in [-0.39, 0.29) is 0 Å². The van der Waals surface area contributed by atoms with E-state index < -0.39 is 5.60 Å². The van der Waals surface area contributed by atoms with E-state index in [1.807, 2.05) is 32.0 Å². The summed E-state index contributed by atoms with van der Waals surface area (Å²) in [5, 5.41) is 12.8. The van der Waals surface area contributed by atoms with Crippen molar-refractivity contribution in [2.75, 3.05) is 18.5 Å². The molecule has 3 heteroatoms. The fraction of sp³-hybridized carbons (Fsp3) is 0.538. The molecular weight excluding hydrogens is 202 g/mol. The second-order valence-corrected chi connectivity index (χ2v) is 4.58. The van der Waals surface area contributed by atoms with Gasteiger partial charge in [0.25, 0.3) is 0 Å². The molecule has 3 nitrogen and oxygen atoms in total. The lowest BCUT2D eigenvalue weighted by atomic mass is 10.1. The van der Waals surface area contributed by atoms with Crippen molar-refractivity contribution in [3.05, 3.63) is 23.8 Å². The predicted molar refractivity (Wildman–Crippen MR) is 67.1 cm³/mol. The normalized spacial score (nSPS) is 11.3. The monoisotopic (exact) mass is 223 g/mol. The molecule has 1 aromatic carbocycles. The van der Waals surface area contributed by atoms with Crippen molar-refractivity contribution in [3.63, 3.8) is 0 Å². The van der Waals surface area contributed by atoms with Crippen molar-refractivity contribution >= 4 is 5.69 Å². The lowest BCUT2D eigenvalue weighted by molar-refractivity contribution is 0.0945. The molecule has 0 spiro atoms. The molecule has 0 unspecified atom stereocenters. The first-order chi connectivity index (χ1) is 7.42. The summed E-state index contributed by atoms with van der Waals surface area (Å²) in [5.41, 5.74) is 1.40. The van der Waals surface area contributed by atoms with Gasteiger partial charge in [0, 0.05) is 12.2 Å². The van der Waals surface area contributed by atoms with Crippen molar-refractivity contribution in [1.82, 2.24) is 0 Å². The molecule has 1 rings (SSSR count). The molecule has 16 heavy (non-hydrogen) atoms. The zero-order valence-electron chi connectivity index (χ0n) is 10.5. The maximum atomic E-state index is 9.60. The Morgan fingerprint density at radius 2 is 2.06 bits per heavy atom. The quantitative estimate of drug-likeness (QED) is 0.806. The van der Waals surface area contributed by atoms with Gasteiger partial charge in [0.15, 0.2) is 0 Å². The summed E-state index contributed by atoms with van der Waals surface area (Å²) in [6.45, 7) is 8.75. The number of ether oxygens (including phenoxy) is 1. The van der Waals surface area contributed by atoms with Crippen LogP contribution in [0.1, 0.15) is 26.3 Å². The van der Waals surface area contributed by atoms with Crippen LogP contribution >= 0.6 is 0 Å². The minimum absolute atomic E-state index is 0.528. The lowest BCUT2D eigenvalue weighted by Crippen LogP contribution is -2.29. The summed E-state index contributed by atoms with van der Waals surface area (Å²) in [6, 6.07) is 5.94. The standard InChI is InChI=1S/C13H21NO2/c1-5-16-12-7-6-11(8-10(12)2)14-9-13(3,4)15/h6-8,14-15H,5,9H2,1-4H3. The first kappa shape index (κ1) is 12.8. The Kier molecular flexibility index (Phi) is 4.19. The average Bonchev–Trinajstić information content (AvgIpc) is 2.18. The molecular formula is C13H21NO2. The topological polar surface area (TPSA) is 41.5 Å². The van der Waals surface area contributed by atoms with Crippen LogP contribution in [0, 0.1) is 6.92 Å². The van der Waals surface area contributed by atoms with Gasteiger partial charge in [-0.2, -0.15) is 0 Å². The van der Waals surface area contributed by atoms with E-state index >= 15 is 0 Å². The van der Waals surface area contributed by atoms with Crippen molar-refractivity contribution in [2.45, 2.75) is 33.3 Å². The molecule has 90 valence electrons. The van der Waals surface area contributed by atoms with Gasteiger partial charge >= 0.3 is 0 Å². The maximum absolute atomic E-state index is 9.60. The Bertz CT molecular complexity index is 342. The molecule has 0 atom stereocenters. The average molecular weight is 223 g/mol. The molecule has 0 amide bonds. The van der Waals surface area contributed by atoms with Gasteiger partial charge in [-0.1, -0.05) is 0 Å². The number of hydrogen-bond acceptors (Lipinski definition) is 3. The van der Waals surface area contributed by atoms with Crippen LogP contribution < -0.4 is 10.1 Å². The Morgan fingerprint density at radius 1 is 1.38 bits per heavy atom. The Morgan fingerprint density at radius 3 is 2.56 bits per heavy atom. The minimum Gasteiger partial charge on any atom is -0.494 e. The first-order valence-corrected chi connectivity index (χ1v) is 5.62. The summed E-state index contributed by atoms with van der Waals surface area (Å²) in [5.74, 6) is 0.913. The molecule has 0 heterocycles. The highest BCUT2D eigenvalue weighted by Crippen LogP contribution is 2.22. The fourth-order valence-corrected chi connectivity index (χ4v) is 1.40. The summed E-state index contributed by atoms with van der Waals surface area (Å²) in [7, 11) is 0. The predicted octanol–water partition coefficient (Wildman–Crippen LogP) is 2.58. The van der Waals surface area contributed by atoms with Crippen LogP contribution in [0.5, 0.6) is 5.75 Å². The van der Waals surface area contributed by atoms with Crippen molar-refractivity contribution in [3.8, 4) is 5.75 Å². The zero-order valence-corrected chi connectivity index (χ0v) is 10.5. The molecule has 0 fully saturated rings. The van der Waals surface area contributed by atoms with Crippen molar-refractivity contribution < 1.29 is 9.84 Å². The summed E-state index contributed by atoms with van der Waals surface area (Å²) in [4.78, 5) is 0. The van der Waals surface area contributed by atoms with Crippen molar-refractivity contribution in [1.29, 1.82) is 0 Å². The van der Waals surface area contributed by atoms with E-state index in [9.17, 15) is 5.11 Å². The summed E-state index contributed by atoms with van der Waals surface area (Å²) < 4.78 is 5.46. The second kappa shape index (κ2) is 5.21. The molecule has 2 N–H and O–H groups in total. The number of hydrogen-bond donors (Lipinski definition) is 2. The molecule has 0 aliphatic heterocycles. The fourth-order valence-electron chi connectivity index (χ4n) is 1.40. The van der Waals surface area contributed by atoms with E-state index in [0.29, 0.717) is 13.2 Å². The molecule has 0 radical (unpaired) electrons. The van der Waals surface area contributed by atoms with Crippen LogP contribution in [-0.4, -0.2) is 23.9 Å². The van der Waals surface area contributed by atoms with Crippen LogP contribution in [0.25, 0.3) is 0 Å². The SMILES string of the molecule is CCOc1ccc(NCC(C)(C)O)cc1C. The van der Waals surface area contributed by atoms with Gasteiger partial charge < -0.3 is 15.2 Å². The van der Waals surface area contributed by atoms with Gasteiger partial charge in [-0.05, 0) is 51.5 Å². The number of nitrogens with one attached hydrogen (secondary N) is 1. The number of aryl methyl sites for hydroxylation is 1. The van der Waals surface area contributed by atoms with Crippen LogP contribution in [0.15, 0.2) is 18.2 Å². The molecule has 0 aliphatic carbocycles. The third kappa shape index (κ3) is 4.11. The Hall–Kier alpha value is -1.22. The van der Waals surface area contributed by atoms with Gasteiger partial charge in [-0.25, -0.2) is 0 Å². The molecule has 1 aromatic rings. The smallest absolute Gasteiger partial charge is 0.122 e. The van der Waals surface area contributed by atoms with Gasteiger partial charge in [0.05, 0.1) is 12.2 Å². The third-order valence-corrected chi connectivity index (χ3v) is 2.20. The lowest BCUT2D eigenvalue weighted by Gasteiger charge is -2.19. The van der Waals surface area contributed by atoms with E-state index in [2.05, 4.69) is 5.32 Å². The number of aliphatic hydroxyl groups is 1. The van der Waals surface area contributed by atoms with Crippen LogP contribution in [0.4, 0.5) is 5.69 Å². The van der Waals surface area contributed by atoms with E-state index in [0.717, 1.165) is 17.0 Å². The largest absolute Gasteiger partial charge is 0.494 e. The molecule has 0 aromatic heterocycles. The second-order valence-electron chi connectivity index (χ2n) is 4.58. The molecule has 0 aliphatic rings. The number of rotatable bonds is 5. The Balaban J connectivity index is 2.66. The number of benzene rings is 1. The van der Waals surface area contributed by atoms with Gasteiger partial charge in [0.1, 0.15) is 5.75 Å². The first-order valence-electron chi connectivity index (χ1n) is 5.62. The maximum Gasteiger partial charge on any atom is 0.122 e. The zero-order chi connectivity index (χ0) is 12.2. The van der Waals surface area contributed by atoms with Crippen LogP contribution in [-0.2, 0) is 0 Å².